The van der Waals surface area contributed by atoms with Crippen molar-refractivity contribution >= 4 is 17.8 Å². The predicted molar refractivity (Wildman–Crippen MR) is 113 cm³/mol. The average molecular weight is 434 g/mol. The van der Waals surface area contributed by atoms with E-state index in [0.717, 1.165) is 15.6 Å². The number of unbranched alkanes of at least 4 members (excludes halogenated alkanes) is 1. The van der Waals surface area contributed by atoms with E-state index in [1.54, 1.807) is 6.92 Å². The van der Waals surface area contributed by atoms with E-state index in [1.165, 1.54) is 0 Å². The first-order chi connectivity index (χ1) is 14.6. The van der Waals surface area contributed by atoms with Crippen LogP contribution >= 0.6 is 0 Å². The van der Waals surface area contributed by atoms with Crippen LogP contribution in [0.25, 0.3) is 0 Å². The normalized spacial score (nSPS) is 25.9. The van der Waals surface area contributed by atoms with Gasteiger partial charge in [0.05, 0.1) is 0 Å². The van der Waals surface area contributed by atoms with Crippen LogP contribution in [0.5, 0.6) is 5.88 Å². The number of aromatic hydroxyl groups is 1. The van der Waals surface area contributed by atoms with Crippen molar-refractivity contribution in [1.29, 1.82) is 5.41 Å². The van der Waals surface area contributed by atoms with E-state index in [0.29, 0.717) is 38.5 Å². The standard InChI is InChI=1S/C20H30N6O5/c1-3-4-9-25-15(27)13(14(21)22)16(28)26(19(25)31)12-7-5-11(6-8-12)10-20(2)17(29)23-18(30)24-20/h11-12,27H,3-10H2,1-2H3,(H3,21,22)(H2,23,24,29,30)/t11?,12?,20-/m0/s1. The number of carbonyl (C=O) groups is 2. The third kappa shape index (κ3) is 4.21. The lowest BCUT2D eigenvalue weighted by atomic mass is 9.78. The molecule has 11 nitrogen and oxygen atoms in total. The van der Waals surface area contributed by atoms with Crippen LogP contribution in [0.3, 0.4) is 0 Å². The number of nitrogens with two attached hydrogens (primary N) is 1. The molecule has 3 rings (SSSR count). The smallest absolute Gasteiger partial charge is 0.334 e. The maximum absolute atomic E-state index is 13.0. The molecule has 1 aliphatic heterocycles. The molecule has 170 valence electrons. The lowest BCUT2D eigenvalue weighted by Gasteiger charge is -2.33. The second-order valence-corrected chi connectivity index (χ2v) is 8.69. The Kier molecular flexibility index (Phi) is 6.23. The van der Waals surface area contributed by atoms with Crippen molar-refractivity contribution in [3.8, 4) is 5.88 Å². The minimum absolute atomic E-state index is 0.146. The molecule has 2 heterocycles. The van der Waals surface area contributed by atoms with E-state index >= 15 is 0 Å². The van der Waals surface area contributed by atoms with E-state index in [2.05, 4.69) is 10.6 Å². The number of imide groups is 1. The molecule has 0 bridgehead atoms. The Bertz CT molecular complexity index is 1020. The maximum Gasteiger partial charge on any atom is 0.334 e. The fourth-order valence-corrected chi connectivity index (χ4v) is 4.64. The van der Waals surface area contributed by atoms with E-state index in [-0.39, 0.29) is 30.0 Å². The predicted octanol–water partition coefficient (Wildman–Crippen LogP) is 0.519. The van der Waals surface area contributed by atoms with Crippen LogP contribution in [0.15, 0.2) is 9.59 Å². The van der Waals surface area contributed by atoms with Gasteiger partial charge in [0.1, 0.15) is 16.9 Å². The number of urea groups is 1. The van der Waals surface area contributed by atoms with Crippen LogP contribution in [0.4, 0.5) is 4.79 Å². The molecule has 0 aromatic carbocycles. The van der Waals surface area contributed by atoms with Gasteiger partial charge in [0.2, 0.25) is 5.88 Å². The zero-order valence-corrected chi connectivity index (χ0v) is 17.9. The van der Waals surface area contributed by atoms with Crippen LogP contribution in [0.1, 0.15) is 70.4 Å². The van der Waals surface area contributed by atoms with Gasteiger partial charge in [0.15, 0.2) is 0 Å². The van der Waals surface area contributed by atoms with Gasteiger partial charge in [-0.2, -0.15) is 0 Å². The van der Waals surface area contributed by atoms with Gasteiger partial charge in [0, 0.05) is 12.6 Å². The van der Waals surface area contributed by atoms with E-state index in [9.17, 15) is 24.3 Å². The first kappa shape index (κ1) is 22.6. The molecule has 0 spiro atoms. The summed E-state index contributed by atoms with van der Waals surface area (Å²) >= 11 is 0. The van der Waals surface area contributed by atoms with Crippen molar-refractivity contribution in [2.75, 3.05) is 0 Å². The molecular weight excluding hydrogens is 404 g/mol. The van der Waals surface area contributed by atoms with Crippen LogP contribution in [0.2, 0.25) is 0 Å². The summed E-state index contributed by atoms with van der Waals surface area (Å²) in [5.74, 6) is -1.34. The molecule has 31 heavy (non-hydrogen) atoms. The highest BCUT2D eigenvalue weighted by atomic mass is 16.3. The van der Waals surface area contributed by atoms with Crippen LogP contribution < -0.4 is 27.6 Å². The molecule has 11 heteroatoms. The first-order valence-electron chi connectivity index (χ1n) is 10.6. The van der Waals surface area contributed by atoms with Crippen molar-refractivity contribution < 1.29 is 14.7 Å². The summed E-state index contributed by atoms with van der Waals surface area (Å²) in [7, 11) is 0. The number of hydrogen-bond donors (Lipinski definition) is 5. The summed E-state index contributed by atoms with van der Waals surface area (Å²) in [6.45, 7) is 3.86. The molecule has 0 unspecified atom stereocenters. The third-order valence-electron chi connectivity index (χ3n) is 6.35. The molecule has 3 amide bonds. The van der Waals surface area contributed by atoms with E-state index < -0.39 is 34.5 Å². The highest BCUT2D eigenvalue weighted by Gasteiger charge is 2.44. The van der Waals surface area contributed by atoms with Gasteiger partial charge >= 0.3 is 11.7 Å². The number of carbonyl (C=O) groups excluding carboxylic acids is 2. The van der Waals surface area contributed by atoms with Crippen LogP contribution in [-0.2, 0) is 11.3 Å². The highest BCUT2D eigenvalue weighted by molar-refractivity contribution is 6.06. The van der Waals surface area contributed by atoms with Gasteiger partial charge in [0.25, 0.3) is 11.5 Å². The van der Waals surface area contributed by atoms with Crippen molar-refractivity contribution in [1.82, 2.24) is 19.8 Å². The van der Waals surface area contributed by atoms with E-state index in [1.807, 2.05) is 6.92 Å². The number of amidine groups is 1. The number of aromatic nitrogens is 2. The summed E-state index contributed by atoms with van der Waals surface area (Å²) in [5, 5.41) is 23.0. The first-order valence-corrected chi connectivity index (χ1v) is 10.6. The summed E-state index contributed by atoms with van der Waals surface area (Å²) in [5.41, 5.74) is 2.88. The molecule has 0 radical (unpaired) electrons. The minimum Gasteiger partial charge on any atom is -0.494 e. The van der Waals surface area contributed by atoms with Crippen LogP contribution in [0, 0.1) is 11.3 Å². The molecule has 1 saturated heterocycles. The van der Waals surface area contributed by atoms with Gasteiger partial charge in [-0.15, -0.1) is 0 Å². The molecule has 1 saturated carbocycles. The van der Waals surface area contributed by atoms with Gasteiger partial charge < -0.3 is 16.2 Å². The molecule has 1 aromatic rings. The Balaban J connectivity index is 1.84. The summed E-state index contributed by atoms with van der Waals surface area (Å²) < 4.78 is 2.24. The minimum atomic E-state index is -0.960. The summed E-state index contributed by atoms with van der Waals surface area (Å²) in [4.78, 5) is 49.5. The number of nitrogen functional groups attached to an aromatic ring is 1. The summed E-state index contributed by atoms with van der Waals surface area (Å²) in [6.07, 6.45) is 4.28. The lowest BCUT2D eigenvalue weighted by molar-refractivity contribution is -0.124. The van der Waals surface area contributed by atoms with Gasteiger partial charge in [-0.05, 0) is 51.4 Å². The molecule has 2 fully saturated rings. The van der Waals surface area contributed by atoms with Gasteiger partial charge in [-0.1, -0.05) is 13.3 Å². The Morgan fingerprint density at radius 3 is 2.39 bits per heavy atom. The zero-order chi connectivity index (χ0) is 22.9. The second-order valence-electron chi connectivity index (χ2n) is 8.69. The highest BCUT2D eigenvalue weighted by Crippen LogP contribution is 2.36. The fourth-order valence-electron chi connectivity index (χ4n) is 4.64. The maximum atomic E-state index is 13.0. The van der Waals surface area contributed by atoms with Crippen LogP contribution in [-0.4, -0.2) is 37.6 Å². The molecule has 1 aromatic heterocycles. The number of nitrogens with zero attached hydrogens (tertiary/aromatic N) is 2. The zero-order valence-electron chi connectivity index (χ0n) is 17.9. The fraction of sp³-hybridized carbons (Fsp3) is 0.650. The van der Waals surface area contributed by atoms with Crippen molar-refractivity contribution in [2.24, 2.45) is 11.7 Å². The molecule has 2 aliphatic rings. The monoisotopic (exact) mass is 434 g/mol. The number of hydrogen-bond acceptors (Lipinski definition) is 6. The average Bonchev–Trinajstić information content (AvgIpc) is 2.94. The number of rotatable bonds is 7. The Labute approximate surface area is 179 Å². The van der Waals surface area contributed by atoms with Gasteiger partial charge in [-0.3, -0.25) is 29.4 Å². The molecule has 1 atom stereocenters. The number of nitrogens with one attached hydrogen (secondary N) is 3. The molecule has 1 aliphatic carbocycles. The Hall–Kier alpha value is -3.11. The molecule has 6 N–H and O–H groups in total. The lowest BCUT2D eigenvalue weighted by Crippen LogP contribution is -2.47. The van der Waals surface area contributed by atoms with Crippen molar-refractivity contribution in [2.45, 2.75) is 76.9 Å². The van der Waals surface area contributed by atoms with Crippen molar-refractivity contribution in [3.63, 3.8) is 0 Å². The van der Waals surface area contributed by atoms with Gasteiger partial charge in [-0.25, -0.2) is 9.59 Å². The number of amides is 3. The summed E-state index contributed by atoms with van der Waals surface area (Å²) in [6, 6.07) is -0.885. The van der Waals surface area contributed by atoms with Crippen molar-refractivity contribution in [3.05, 3.63) is 26.4 Å². The SMILES string of the molecule is CCCCn1c(O)c(C(=N)N)c(=O)n(C2CCC(C[C@]3(C)NC(=O)NC3=O)CC2)c1=O. The Morgan fingerprint density at radius 2 is 1.87 bits per heavy atom. The largest absolute Gasteiger partial charge is 0.494 e. The topological polar surface area (TPSA) is 172 Å². The van der Waals surface area contributed by atoms with E-state index in [4.69, 9.17) is 11.1 Å². The second kappa shape index (κ2) is 8.56. The third-order valence-corrected chi connectivity index (χ3v) is 6.35. The quantitative estimate of drug-likeness (QED) is 0.238. The molecular formula is C20H30N6O5. The Morgan fingerprint density at radius 1 is 1.23 bits per heavy atom.